The molecule has 0 aliphatic carbocycles. The summed E-state index contributed by atoms with van der Waals surface area (Å²) in [6, 6.07) is 7.74. The summed E-state index contributed by atoms with van der Waals surface area (Å²) < 4.78 is 15.9. The molecule has 1 atom stereocenters. The van der Waals surface area contributed by atoms with Gasteiger partial charge < -0.3 is 19.6 Å². The minimum Gasteiger partial charge on any atom is -0.497 e. The maximum absolute atomic E-state index is 5.99. The second-order valence-corrected chi connectivity index (χ2v) is 4.91. The number of hydrogen-bond donors (Lipinski definition) is 1. The summed E-state index contributed by atoms with van der Waals surface area (Å²) in [5, 5.41) is 0. The van der Waals surface area contributed by atoms with Crippen molar-refractivity contribution >= 4 is 0 Å². The van der Waals surface area contributed by atoms with Crippen LogP contribution in [-0.2, 0) is 6.54 Å². The molecular formula is C16H22N2O3. The van der Waals surface area contributed by atoms with Gasteiger partial charge in [-0.15, -0.1) is 0 Å². The lowest BCUT2D eigenvalue weighted by molar-refractivity contribution is 0.235. The Morgan fingerprint density at radius 1 is 1.24 bits per heavy atom. The van der Waals surface area contributed by atoms with Gasteiger partial charge in [-0.05, 0) is 31.3 Å². The molecule has 2 aromatic rings. The van der Waals surface area contributed by atoms with E-state index in [0.717, 1.165) is 29.2 Å². The van der Waals surface area contributed by atoms with Crippen LogP contribution in [0.5, 0.6) is 11.5 Å². The number of benzene rings is 1. The number of furan rings is 1. The summed E-state index contributed by atoms with van der Waals surface area (Å²) in [6.07, 6.45) is 3.42. The summed E-state index contributed by atoms with van der Waals surface area (Å²) in [7, 11) is 5.34. The van der Waals surface area contributed by atoms with Gasteiger partial charge in [-0.1, -0.05) is 0 Å². The minimum absolute atomic E-state index is 0.0324. The van der Waals surface area contributed by atoms with E-state index in [4.69, 9.17) is 19.6 Å². The second kappa shape index (κ2) is 7.15. The molecule has 0 saturated heterocycles. The van der Waals surface area contributed by atoms with Crippen LogP contribution in [0, 0.1) is 0 Å². The Labute approximate surface area is 125 Å². The zero-order valence-electron chi connectivity index (χ0n) is 12.7. The van der Waals surface area contributed by atoms with E-state index in [2.05, 4.69) is 4.90 Å². The van der Waals surface area contributed by atoms with Crippen molar-refractivity contribution in [2.75, 3.05) is 27.8 Å². The highest BCUT2D eigenvalue weighted by Gasteiger charge is 2.20. The van der Waals surface area contributed by atoms with Gasteiger partial charge in [0.1, 0.15) is 11.5 Å². The maximum Gasteiger partial charge on any atom is 0.123 e. The van der Waals surface area contributed by atoms with Crippen LogP contribution in [0.3, 0.4) is 0 Å². The molecule has 114 valence electrons. The normalized spacial score (nSPS) is 12.4. The molecule has 2 N–H and O–H groups in total. The first-order chi connectivity index (χ1) is 10.2. The second-order valence-electron chi connectivity index (χ2n) is 4.91. The van der Waals surface area contributed by atoms with Gasteiger partial charge in [0.05, 0.1) is 32.8 Å². The molecule has 0 amide bonds. The van der Waals surface area contributed by atoms with Crippen molar-refractivity contribution in [1.82, 2.24) is 4.90 Å². The molecule has 0 bridgehead atoms. The molecule has 0 fully saturated rings. The third-order valence-corrected chi connectivity index (χ3v) is 3.56. The van der Waals surface area contributed by atoms with Gasteiger partial charge in [0, 0.05) is 24.2 Å². The molecule has 1 aromatic carbocycles. The molecule has 0 aliphatic heterocycles. The van der Waals surface area contributed by atoms with Crippen molar-refractivity contribution in [3.05, 3.63) is 47.9 Å². The maximum atomic E-state index is 5.99. The van der Waals surface area contributed by atoms with Gasteiger partial charge in [0.25, 0.3) is 0 Å². The Kier molecular flexibility index (Phi) is 5.25. The molecule has 5 nitrogen and oxygen atoms in total. The lowest BCUT2D eigenvalue weighted by Gasteiger charge is -2.28. The van der Waals surface area contributed by atoms with E-state index in [-0.39, 0.29) is 6.04 Å². The zero-order chi connectivity index (χ0) is 15.2. The summed E-state index contributed by atoms with van der Waals surface area (Å²) in [6.45, 7) is 1.23. The molecule has 0 saturated carbocycles. The van der Waals surface area contributed by atoms with Crippen LogP contribution in [0.1, 0.15) is 17.2 Å². The van der Waals surface area contributed by atoms with Gasteiger partial charge in [0.2, 0.25) is 0 Å². The largest absolute Gasteiger partial charge is 0.497 e. The van der Waals surface area contributed by atoms with Crippen LogP contribution in [0.2, 0.25) is 0 Å². The highest BCUT2D eigenvalue weighted by molar-refractivity contribution is 5.42. The Bertz CT molecular complexity index is 555. The Morgan fingerprint density at radius 2 is 2.05 bits per heavy atom. The number of hydrogen-bond acceptors (Lipinski definition) is 5. The molecule has 0 aliphatic rings. The predicted octanol–water partition coefficient (Wildman–Crippen LogP) is 2.43. The third-order valence-electron chi connectivity index (χ3n) is 3.56. The van der Waals surface area contributed by atoms with E-state index in [1.807, 2.05) is 31.3 Å². The average Bonchev–Trinajstić information content (AvgIpc) is 3.00. The van der Waals surface area contributed by atoms with Crippen LogP contribution >= 0.6 is 0 Å². The number of nitrogens with zero attached hydrogens (tertiary/aromatic N) is 1. The first-order valence-electron chi connectivity index (χ1n) is 6.83. The van der Waals surface area contributed by atoms with Gasteiger partial charge in [-0.2, -0.15) is 0 Å². The van der Waals surface area contributed by atoms with Crippen molar-refractivity contribution in [2.45, 2.75) is 12.6 Å². The summed E-state index contributed by atoms with van der Waals surface area (Å²) >= 11 is 0. The standard InChI is InChI=1S/C16H22N2O3/c1-18(10-12-6-7-21-11-12)15(9-17)14-8-13(19-2)4-5-16(14)20-3/h4-8,11,15H,9-10,17H2,1-3H3. The number of likely N-dealkylation sites (N-methyl/N-ethyl adjacent to an activating group) is 1. The minimum atomic E-state index is 0.0324. The van der Waals surface area contributed by atoms with E-state index in [1.54, 1.807) is 26.7 Å². The monoisotopic (exact) mass is 290 g/mol. The number of methoxy groups -OCH3 is 2. The summed E-state index contributed by atoms with van der Waals surface area (Å²) in [5.41, 5.74) is 8.12. The van der Waals surface area contributed by atoms with Gasteiger partial charge >= 0.3 is 0 Å². The van der Waals surface area contributed by atoms with E-state index in [0.29, 0.717) is 6.54 Å². The first-order valence-corrected chi connectivity index (χ1v) is 6.83. The lowest BCUT2D eigenvalue weighted by atomic mass is 10.0. The Hall–Kier alpha value is -1.98. The van der Waals surface area contributed by atoms with Crippen molar-refractivity contribution in [3.63, 3.8) is 0 Å². The summed E-state index contributed by atoms with van der Waals surface area (Å²) in [5.74, 6) is 1.60. The SMILES string of the molecule is COc1ccc(OC)c(C(CN)N(C)Cc2ccoc2)c1. The van der Waals surface area contributed by atoms with Gasteiger partial charge in [0.15, 0.2) is 0 Å². The first kappa shape index (κ1) is 15.4. The fourth-order valence-corrected chi connectivity index (χ4v) is 2.42. The molecule has 0 spiro atoms. The van der Waals surface area contributed by atoms with Crippen LogP contribution in [0.15, 0.2) is 41.2 Å². The highest BCUT2D eigenvalue weighted by atomic mass is 16.5. The fraction of sp³-hybridized carbons (Fsp3) is 0.375. The molecule has 1 heterocycles. The highest BCUT2D eigenvalue weighted by Crippen LogP contribution is 2.32. The third kappa shape index (κ3) is 3.56. The molecule has 0 radical (unpaired) electrons. The van der Waals surface area contributed by atoms with Crippen LogP contribution in [-0.4, -0.2) is 32.7 Å². The van der Waals surface area contributed by atoms with E-state index < -0.39 is 0 Å². The molecular weight excluding hydrogens is 268 g/mol. The van der Waals surface area contributed by atoms with Gasteiger partial charge in [-0.3, -0.25) is 4.90 Å². The number of nitrogens with two attached hydrogens (primary N) is 1. The van der Waals surface area contributed by atoms with E-state index in [9.17, 15) is 0 Å². The quantitative estimate of drug-likeness (QED) is 0.848. The Morgan fingerprint density at radius 3 is 2.62 bits per heavy atom. The lowest BCUT2D eigenvalue weighted by Crippen LogP contribution is -2.30. The molecule has 5 heteroatoms. The van der Waals surface area contributed by atoms with Crippen LogP contribution in [0.4, 0.5) is 0 Å². The van der Waals surface area contributed by atoms with E-state index >= 15 is 0 Å². The van der Waals surface area contributed by atoms with Crippen LogP contribution in [0.25, 0.3) is 0 Å². The van der Waals surface area contributed by atoms with Crippen molar-refractivity contribution in [2.24, 2.45) is 5.73 Å². The number of rotatable bonds is 7. The smallest absolute Gasteiger partial charge is 0.123 e. The van der Waals surface area contributed by atoms with Crippen LogP contribution < -0.4 is 15.2 Å². The Balaban J connectivity index is 2.26. The summed E-state index contributed by atoms with van der Waals surface area (Å²) in [4.78, 5) is 2.17. The van der Waals surface area contributed by atoms with Crippen molar-refractivity contribution in [3.8, 4) is 11.5 Å². The van der Waals surface area contributed by atoms with E-state index in [1.165, 1.54) is 0 Å². The zero-order valence-corrected chi connectivity index (χ0v) is 12.7. The fourth-order valence-electron chi connectivity index (χ4n) is 2.42. The molecule has 1 unspecified atom stereocenters. The predicted molar refractivity (Wildman–Crippen MR) is 81.5 cm³/mol. The average molecular weight is 290 g/mol. The van der Waals surface area contributed by atoms with Gasteiger partial charge in [-0.25, -0.2) is 0 Å². The number of ether oxygens (including phenoxy) is 2. The van der Waals surface area contributed by atoms with Crippen molar-refractivity contribution < 1.29 is 13.9 Å². The topological polar surface area (TPSA) is 60.9 Å². The van der Waals surface area contributed by atoms with Crippen molar-refractivity contribution in [1.29, 1.82) is 0 Å². The molecule has 1 aromatic heterocycles. The molecule has 21 heavy (non-hydrogen) atoms. The molecule has 2 rings (SSSR count).